The van der Waals surface area contributed by atoms with Gasteiger partial charge in [0, 0.05) is 29.8 Å². The van der Waals surface area contributed by atoms with Gasteiger partial charge in [-0.25, -0.2) is 17.6 Å². The van der Waals surface area contributed by atoms with Crippen molar-refractivity contribution in [1.29, 1.82) is 0 Å². The first kappa shape index (κ1) is 23.2. The molecule has 0 aromatic heterocycles. The maximum absolute atomic E-state index is 14.0. The molecule has 0 radical (unpaired) electrons. The quantitative estimate of drug-likeness (QED) is 0.510. The molecule has 5 nitrogen and oxygen atoms in total. The first-order valence-corrected chi connectivity index (χ1v) is 11.0. The molecule has 0 aliphatic carbocycles. The molecule has 9 heteroatoms. The summed E-state index contributed by atoms with van der Waals surface area (Å²) in [5.74, 6) is -4.27. The van der Waals surface area contributed by atoms with Crippen molar-refractivity contribution in [2.45, 2.75) is 50.2 Å². The Bertz CT molecular complexity index is 1030. The topological polar surface area (TPSA) is 75.4 Å². The molecule has 2 amide bonds. The summed E-state index contributed by atoms with van der Waals surface area (Å²) in [4.78, 5) is 26.8. The third-order valence-electron chi connectivity index (χ3n) is 6.71. The first-order chi connectivity index (χ1) is 15.7. The van der Waals surface area contributed by atoms with E-state index in [2.05, 4.69) is 5.32 Å². The minimum absolute atomic E-state index is 0.00729. The van der Waals surface area contributed by atoms with E-state index >= 15 is 0 Å². The number of nitrogens with two attached hydrogens (primary N) is 1. The molecule has 4 atom stereocenters. The molecule has 1 unspecified atom stereocenters. The molecule has 2 bridgehead atoms. The fraction of sp³-hybridized carbons (Fsp3) is 0.417. The van der Waals surface area contributed by atoms with Crippen LogP contribution in [0.5, 0.6) is 0 Å². The van der Waals surface area contributed by atoms with Gasteiger partial charge in [-0.05, 0) is 73.9 Å². The van der Waals surface area contributed by atoms with Crippen molar-refractivity contribution in [3.05, 3.63) is 70.8 Å². The third-order valence-corrected chi connectivity index (χ3v) is 6.71. The number of carbonyl (C=O) groups excluding carboxylic acids is 2. The number of rotatable bonds is 6. The zero-order valence-electron chi connectivity index (χ0n) is 17.9. The maximum Gasteiger partial charge on any atom is 0.251 e. The van der Waals surface area contributed by atoms with Crippen LogP contribution in [0.1, 0.15) is 41.6 Å². The monoisotopic (exact) mass is 463 g/mol. The predicted molar refractivity (Wildman–Crippen MR) is 113 cm³/mol. The summed E-state index contributed by atoms with van der Waals surface area (Å²) in [6.45, 7) is -0.167. The molecule has 3 N–H and O–H groups in total. The van der Waals surface area contributed by atoms with Gasteiger partial charge in [-0.1, -0.05) is 0 Å². The molecular formula is C24H25F4N3O2. The number of hydrogen-bond acceptors (Lipinski definition) is 3. The van der Waals surface area contributed by atoms with E-state index in [1.165, 1.54) is 24.3 Å². The summed E-state index contributed by atoms with van der Waals surface area (Å²) in [6.07, 6.45) is 2.95. The highest BCUT2D eigenvalue weighted by atomic mass is 19.2. The number of piperidine rings is 1. The fourth-order valence-electron chi connectivity index (χ4n) is 5.07. The van der Waals surface area contributed by atoms with Crippen LogP contribution in [0.25, 0.3) is 0 Å². The van der Waals surface area contributed by atoms with E-state index in [4.69, 9.17) is 5.73 Å². The number of carbonyl (C=O) groups is 2. The van der Waals surface area contributed by atoms with Crippen LogP contribution in [0, 0.1) is 29.2 Å². The van der Waals surface area contributed by atoms with Gasteiger partial charge in [-0.2, -0.15) is 0 Å². The summed E-state index contributed by atoms with van der Waals surface area (Å²) >= 11 is 0. The molecule has 2 aromatic rings. The Balaban J connectivity index is 1.34. The highest BCUT2D eigenvalue weighted by Crippen LogP contribution is 2.40. The average Bonchev–Trinajstić information content (AvgIpc) is 3.05. The summed E-state index contributed by atoms with van der Waals surface area (Å²) in [5.41, 5.74) is 6.62. The number of fused-ring (bicyclic) bond motifs is 2. The van der Waals surface area contributed by atoms with Crippen molar-refractivity contribution < 1.29 is 27.2 Å². The number of amides is 2. The lowest BCUT2D eigenvalue weighted by molar-refractivity contribution is -0.135. The Hall–Kier alpha value is -2.94. The van der Waals surface area contributed by atoms with Crippen LogP contribution in [0.4, 0.5) is 17.6 Å². The Kier molecular flexibility index (Phi) is 6.69. The molecule has 176 valence electrons. The standard InChI is InChI=1S/C24H25F4N3O2/c25-16-3-1-13(2-4-16)24(33)30-12-23(32)31-17-5-6-18(31)8-15(7-17)22(29)10-14-9-20(27)21(28)11-19(14)26/h1-4,9,11,15,17-18,22H,5-8,10,12,29H2,(H,30,33)/t15?,17-,18+,22-/m1/s1. The lowest BCUT2D eigenvalue weighted by atomic mass is 9.82. The normalized spacial score (nSPS) is 22.8. The first-order valence-electron chi connectivity index (χ1n) is 11.0. The van der Waals surface area contributed by atoms with Crippen molar-refractivity contribution in [1.82, 2.24) is 10.2 Å². The van der Waals surface area contributed by atoms with Crippen molar-refractivity contribution in [2.75, 3.05) is 6.54 Å². The van der Waals surface area contributed by atoms with Crippen LogP contribution in [-0.4, -0.2) is 41.4 Å². The molecular weight excluding hydrogens is 438 g/mol. The van der Waals surface area contributed by atoms with Crippen LogP contribution < -0.4 is 11.1 Å². The minimum Gasteiger partial charge on any atom is -0.343 e. The lowest BCUT2D eigenvalue weighted by Gasteiger charge is -2.41. The number of halogens is 4. The van der Waals surface area contributed by atoms with Crippen molar-refractivity contribution >= 4 is 11.8 Å². The van der Waals surface area contributed by atoms with Crippen LogP contribution >= 0.6 is 0 Å². The molecule has 2 aliphatic heterocycles. The fourth-order valence-corrected chi connectivity index (χ4v) is 5.07. The molecule has 2 aromatic carbocycles. The van der Waals surface area contributed by atoms with Crippen LogP contribution in [0.2, 0.25) is 0 Å². The van der Waals surface area contributed by atoms with Gasteiger partial charge in [-0.3, -0.25) is 9.59 Å². The molecule has 0 saturated carbocycles. The second kappa shape index (κ2) is 9.51. The van der Waals surface area contributed by atoms with Gasteiger partial charge in [0.1, 0.15) is 11.6 Å². The van der Waals surface area contributed by atoms with Gasteiger partial charge in [0.25, 0.3) is 5.91 Å². The van der Waals surface area contributed by atoms with Gasteiger partial charge in [-0.15, -0.1) is 0 Å². The van der Waals surface area contributed by atoms with Gasteiger partial charge in [0.05, 0.1) is 6.54 Å². The summed E-state index contributed by atoms with van der Waals surface area (Å²) in [5, 5.41) is 2.58. The Morgan fingerprint density at radius 3 is 2.21 bits per heavy atom. The highest BCUT2D eigenvalue weighted by Gasteiger charge is 2.44. The molecule has 2 fully saturated rings. The molecule has 2 saturated heterocycles. The number of hydrogen-bond donors (Lipinski definition) is 2. The third kappa shape index (κ3) is 5.03. The van der Waals surface area contributed by atoms with Crippen LogP contribution in [0.15, 0.2) is 36.4 Å². The van der Waals surface area contributed by atoms with E-state index in [0.717, 1.165) is 18.9 Å². The van der Waals surface area contributed by atoms with E-state index < -0.39 is 35.2 Å². The lowest BCUT2D eigenvalue weighted by Crippen LogP contribution is -2.52. The van der Waals surface area contributed by atoms with Crippen LogP contribution in [-0.2, 0) is 11.2 Å². The highest BCUT2D eigenvalue weighted by molar-refractivity contribution is 5.96. The van der Waals surface area contributed by atoms with E-state index in [-0.39, 0.29) is 48.0 Å². The Labute approximate surface area is 188 Å². The van der Waals surface area contributed by atoms with Crippen molar-refractivity contribution in [2.24, 2.45) is 11.7 Å². The zero-order chi connectivity index (χ0) is 23.7. The summed E-state index contributed by atoms with van der Waals surface area (Å²) < 4.78 is 53.7. The molecule has 4 rings (SSSR count). The summed E-state index contributed by atoms with van der Waals surface area (Å²) in [7, 11) is 0. The Morgan fingerprint density at radius 2 is 1.58 bits per heavy atom. The smallest absolute Gasteiger partial charge is 0.251 e. The van der Waals surface area contributed by atoms with Gasteiger partial charge in [0.15, 0.2) is 11.6 Å². The molecule has 33 heavy (non-hydrogen) atoms. The second-order valence-corrected chi connectivity index (χ2v) is 8.83. The average molecular weight is 463 g/mol. The SMILES string of the molecule is N[C@H](Cc1cc(F)c(F)cc1F)C1C[C@H]2CC[C@@H](C1)N2C(=O)CNC(=O)c1ccc(F)cc1. The predicted octanol–water partition coefficient (Wildman–Crippen LogP) is 3.31. The second-order valence-electron chi connectivity index (χ2n) is 8.83. The molecule has 2 aliphatic rings. The van der Waals surface area contributed by atoms with Gasteiger partial charge in [0.2, 0.25) is 5.91 Å². The number of nitrogens with zero attached hydrogens (tertiary/aromatic N) is 1. The van der Waals surface area contributed by atoms with Gasteiger partial charge >= 0.3 is 0 Å². The van der Waals surface area contributed by atoms with E-state index in [0.29, 0.717) is 18.9 Å². The zero-order valence-corrected chi connectivity index (χ0v) is 17.9. The maximum atomic E-state index is 14.0. The number of nitrogens with one attached hydrogen (secondary N) is 1. The number of benzene rings is 2. The van der Waals surface area contributed by atoms with E-state index in [1.54, 1.807) is 4.90 Å². The van der Waals surface area contributed by atoms with Crippen molar-refractivity contribution in [3.63, 3.8) is 0 Å². The van der Waals surface area contributed by atoms with E-state index in [9.17, 15) is 27.2 Å². The Morgan fingerprint density at radius 1 is 0.970 bits per heavy atom. The van der Waals surface area contributed by atoms with Crippen LogP contribution in [0.3, 0.4) is 0 Å². The largest absolute Gasteiger partial charge is 0.343 e. The summed E-state index contributed by atoms with van der Waals surface area (Å²) in [6, 6.07) is 5.90. The molecule has 0 spiro atoms. The van der Waals surface area contributed by atoms with Gasteiger partial charge < -0.3 is 16.0 Å². The molecule has 2 heterocycles. The van der Waals surface area contributed by atoms with E-state index in [1.807, 2.05) is 0 Å². The van der Waals surface area contributed by atoms with Crippen molar-refractivity contribution in [3.8, 4) is 0 Å². The minimum atomic E-state index is -1.23.